The van der Waals surface area contributed by atoms with E-state index in [4.69, 9.17) is 4.42 Å². The van der Waals surface area contributed by atoms with Gasteiger partial charge < -0.3 is 13.9 Å². The predicted octanol–water partition coefficient (Wildman–Crippen LogP) is 10.7. The Morgan fingerprint density at radius 1 is 0.439 bits per heavy atom. The predicted molar refractivity (Wildman–Crippen MR) is 171 cm³/mol. The summed E-state index contributed by atoms with van der Waals surface area (Å²) in [5, 5.41) is 2.20. The number of anilines is 3. The van der Waals surface area contributed by atoms with Crippen molar-refractivity contribution in [2.75, 3.05) is 4.90 Å². The SMILES string of the molecule is c1ccc(N(c2ccccc2)c2ccccc2-c2cccc3c2oc2c4ccccc4n(-c4ccccc4)c32)cc1. The van der Waals surface area contributed by atoms with E-state index < -0.39 is 0 Å². The van der Waals surface area contributed by atoms with E-state index in [9.17, 15) is 0 Å². The molecule has 6 aromatic carbocycles. The molecule has 0 radical (unpaired) electrons. The highest BCUT2D eigenvalue weighted by Crippen LogP contribution is 2.46. The molecule has 0 bridgehead atoms. The molecule has 8 aromatic rings. The van der Waals surface area contributed by atoms with Crippen LogP contribution < -0.4 is 4.90 Å². The van der Waals surface area contributed by atoms with Crippen molar-refractivity contribution in [1.29, 1.82) is 0 Å². The molecular formula is C38H26N2O. The average Bonchev–Trinajstić information content (AvgIpc) is 3.58. The van der Waals surface area contributed by atoms with Gasteiger partial charge in [-0.15, -0.1) is 0 Å². The largest absolute Gasteiger partial charge is 0.453 e. The molecule has 3 heteroatoms. The van der Waals surface area contributed by atoms with Crippen molar-refractivity contribution >= 4 is 50.0 Å². The minimum atomic E-state index is 0.890. The van der Waals surface area contributed by atoms with Crippen LogP contribution in [0.1, 0.15) is 0 Å². The summed E-state index contributed by atoms with van der Waals surface area (Å²) in [5.74, 6) is 0. The zero-order valence-corrected chi connectivity index (χ0v) is 22.3. The Balaban J connectivity index is 1.42. The molecule has 0 unspecified atom stereocenters. The van der Waals surface area contributed by atoms with Crippen molar-refractivity contribution in [3.05, 3.63) is 158 Å². The number of aromatic nitrogens is 1. The van der Waals surface area contributed by atoms with Crippen LogP contribution in [-0.4, -0.2) is 4.57 Å². The van der Waals surface area contributed by atoms with Crippen molar-refractivity contribution in [3.63, 3.8) is 0 Å². The maximum absolute atomic E-state index is 6.86. The van der Waals surface area contributed by atoms with Crippen LogP contribution in [0.3, 0.4) is 0 Å². The van der Waals surface area contributed by atoms with E-state index in [1.807, 2.05) is 0 Å². The van der Waals surface area contributed by atoms with Gasteiger partial charge in [-0.25, -0.2) is 0 Å². The van der Waals surface area contributed by atoms with Gasteiger partial charge in [0, 0.05) is 39.0 Å². The molecule has 0 amide bonds. The van der Waals surface area contributed by atoms with Gasteiger partial charge in [-0.2, -0.15) is 0 Å². The summed E-state index contributed by atoms with van der Waals surface area (Å²) in [6.07, 6.45) is 0. The Morgan fingerprint density at radius 2 is 1.00 bits per heavy atom. The number of hydrogen-bond donors (Lipinski definition) is 0. The second-order valence-corrected chi connectivity index (χ2v) is 10.2. The van der Waals surface area contributed by atoms with Gasteiger partial charge in [-0.1, -0.05) is 97.1 Å². The van der Waals surface area contributed by atoms with Crippen LogP contribution in [0, 0.1) is 0 Å². The zero-order valence-electron chi connectivity index (χ0n) is 22.3. The van der Waals surface area contributed by atoms with Gasteiger partial charge in [-0.3, -0.25) is 0 Å². The lowest BCUT2D eigenvalue weighted by atomic mass is 10.00. The standard InChI is InChI=1S/C38H26N2O/c1-4-15-27(16-5-1)39(28-17-6-2-7-18-28)34-25-12-10-21-30(34)31-23-14-24-33-36-38(41-37(31)33)32-22-11-13-26-35(32)40(36)29-19-8-3-9-20-29/h1-26H. The van der Waals surface area contributed by atoms with Crippen LogP contribution in [0.5, 0.6) is 0 Å². The quantitative estimate of drug-likeness (QED) is 0.222. The Morgan fingerprint density at radius 3 is 1.73 bits per heavy atom. The van der Waals surface area contributed by atoms with Gasteiger partial charge in [0.05, 0.1) is 11.2 Å². The summed E-state index contributed by atoms with van der Waals surface area (Å²) in [4.78, 5) is 2.32. The second kappa shape index (κ2) is 9.58. The van der Waals surface area contributed by atoms with Crippen LogP contribution in [0.25, 0.3) is 49.8 Å². The second-order valence-electron chi connectivity index (χ2n) is 10.2. The minimum absolute atomic E-state index is 0.890. The van der Waals surface area contributed by atoms with Crippen LogP contribution in [0.15, 0.2) is 162 Å². The molecule has 8 rings (SSSR count). The third-order valence-corrected chi connectivity index (χ3v) is 7.78. The summed E-state index contributed by atoms with van der Waals surface area (Å²) in [5.41, 5.74) is 10.6. The van der Waals surface area contributed by atoms with Gasteiger partial charge in [0.15, 0.2) is 5.58 Å². The molecular weight excluding hydrogens is 500 g/mol. The first-order chi connectivity index (χ1) is 20.4. The van der Waals surface area contributed by atoms with Gasteiger partial charge in [-0.05, 0) is 60.7 Å². The highest BCUT2D eigenvalue weighted by Gasteiger charge is 2.23. The van der Waals surface area contributed by atoms with Gasteiger partial charge >= 0.3 is 0 Å². The third kappa shape index (κ3) is 3.75. The molecule has 0 spiro atoms. The molecule has 2 aromatic heterocycles. The van der Waals surface area contributed by atoms with Crippen molar-refractivity contribution in [1.82, 2.24) is 4.57 Å². The van der Waals surface area contributed by atoms with Gasteiger partial charge in [0.2, 0.25) is 0 Å². The van der Waals surface area contributed by atoms with Crippen LogP contribution >= 0.6 is 0 Å². The highest BCUT2D eigenvalue weighted by atomic mass is 16.3. The van der Waals surface area contributed by atoms with E-state index in [2.05, 4.69) is 167 Å². The highest BCUT2D eigenvalue weighted by molar-refractivity contribution is 6.18. The fourth-order valence-electron chi connectivity index (χ4n) is 6.03. The topological polar surface area (TPSA) is 21.3 Å². The minimum Gasteiger partial charge on any atom is -0.453 e. The van der Waals surface area contributed by atoms with E-state index in [0.717, 1.165) is 66.8 Å². The summed E-state index contributed by atoms with van der Waals surface area (Å²) in [6, 6.07) is 55.2. The van der Waals surface area contributed by atoms with Gasteiger partial charge in [0.1, 0.15) is 11.1 Å². The molecule has 0 N–H and O–H groups in total. The summed E-state index contributed by atoms with van der Waals surface area (Å²) >= 11 is 0. The number of furan rings is 1. The van der Waals surface area contributed by atoms with Crippen molar-refractivity contribution in [2.24, 2.45) is 0 Å². The summed E-state index contributed by atoms with van der Waals surface area (Å²) in [7, 11) is 0. The van der Waals surface area contributed by atoms with Crippen molar-refractivity contribution < 1.29 is 4.42 Å². The number of rotatable bonds is 5. The summed E-state index contributed by atoms with van der Waals surface area (Å²) < 4.78 is 9.19. The van der Waals surface area contributed by atoms with Crippen LogP contribution in [0.4, 0.5) is 17.1 Å². The Hall–Kier alpha value is -5.54. The molecule has 0 saturated heterocycles. The molecule has 0 saturated carbocycles. The fraction of sp³-hybridized carbons (Fsp3) is 0. The molecule has 0 fully saturated rings. The number of nitrogens with zero attached hydrogens (tertiary/aromatic N) is 2. The van der Waals surface area contributed by atoms with E-state index in [1.165, 1.54) is 0 Å². The molecule has 41 heavy (non-hydrogen) atoms. The first-order valence-corrected chi connectivity index (χ1v) is 13.9. The van der Waals surface area contributed by atoms with E-state index in [-0.39, 0.29) is 0 Å². The summed E-state index contributed by atoms with van der Waals surface area (Å²) in [6.45, 7) is 0. The molecule has 3 nitrogen and oxygen atoms in total. The monoisotopic (exact) mass is 526 g/mol. The van der Waals surface area contributed by atoms with Crippen molar-refractivity contribution in [3.8, 4) is 16.8 Å². The molecule has 0 aliphatic rings. The zero-order chi connectivity index (χ0) is 27.2. The Bertz CT molecular complexity index is 2100. The Kier molecular flexibility index (Phi) is 5.46. The maximum atomic E-state index is 6.86. The Labute approximate surface area is 238 Å². The number of benzene rings is 6. The molecule has 0 aliphatic carbocycles. The lowest BCUT2D eigenvalue weighted by Crippen LogP contribution is -2.10. The molecule has 0 atom stereocenters. The molecule has 2 heterocycles. The van der Waals surface area contributed by atoms with Crippen molar-refractivity contribution in [2.45, 2.75) is 0 Å². The number of para-hydroxylation sites is 6. The van der Waals surface area contributed by atoms with Gasteiger partial charge in [0.25, 0.3) is 0 Å². The number of fused-ring (bicyclic) bond motifs is 5. The average molecular weight is 527 g/mol. The first-order valence-electron chi connectivity index (χ1n) is 13.9. The lowest BCUT2D eigenvalue weighted by Gasteiger charge is -2.27. The van der Waals surface area contributed by atoms with E-state index in [0.29, 0.717) is 0 Å². The maximum Gasteiger partial charge on any atom is 0.161 e. The normalized spacial score (nSPS) is 11.4. The van der Waals surface area contributed by atoms with E-state index >= 15 is 0 Å². The lowest BCUT2D eigenvalue weighted by molar-refractivity contribution is 0.674. The molecule has 0 aliphatic heterocycles. The van der Waals surface area contributed by atoms with Crippen LogP contribution in [-0.2, 0) is 0 Å². The molecule has 194 valence electrons. The fourth-order valence-corrected chi connectivity index (χ4v) is 6.03. The third-order valence-electron chi connectivity index (χ3n) is 7.78. The smallest absolute Gasteiger partial charge is 0.161 e. The first kappa shape index (κ1) is 23.4. The van der Waals surface area contributed by atoms with E-state index in [1.54, 1.807) is 0 Å². The van der Waals surface area contributed by atoms with Crippen LogP contribution in [0.2, 0.25) is 0 Å². The number of hydrogen-bond acceptors (Lipinski definition) is 2.